The van der Waals surface area contributed by atoms with Gasteiger partial charge in [0.15, 0.2) is 12.2 Å². The molecular formula is C13H14O7. The molecule has 0 aromatic rings. The number of hydrogen-bond acceptors (Lipinski definition) is 7. The Balaban J connectivity index is 4.76. The Morgan fingerprint density at radius 1 is 0.950 bits per heavy atom. The summed E-state index contributed by atoms with van der Waals surface area (Å²) in [7, 11) is 0. The van der Waals surface area contributed by atoms with E-state index in [9.17, 15) is 4.79 Å². The number of rotatable bonds is 10. The van der Waals surface area contributed by atoms with Gasteiger partial charge in [0, 0.05) is 6.92 Å². The summed E-state index contributed by atoms with van der Waals surface area (Å²) >= 11 is 0. The van der Waals surface area contributed by atoms with E-state index in [-0.39, 0.29) is 26.4 Å². The van der Waals surface area contributed by atoms with Crippen LogP contribution in [0.25, 0.3) is 0 Å². The summed E-state index contributed by atoms with van der Waals surface area (Å²) in [4.78, 5) is 29.1. The molecule has 0 saturated heterocycles. The maximum Gasteiger partial charge on any atom is 0.302 e. The summed E-state index contributed by atoms with van der Waals surface area (Å²) in [5, 5.41) is 0. The SMILES string of the molecule is C#COCC(COOC#C)(COOC#C)COC(C)=O. The maximum absolute atomic E-state index is 10.9. The van der Waals surface area contributed by atoms with Gasteiger partial charge in [0.2, 0.25) is 0 Å². The van der Waals surface area contributed by atoms with Gasteiger partial charge in [0.1, 0.15) is 32.5 Å². The molecule has 0 bridgehead atoms. The first-order valence-electron chi connectivity index (χ1n) is 5.29. The van der Waals surface area contributed by atoms with E-state index in [4.69, 9.17) is 38.5 Å². The highest BCUT2D eigenvalue weighted by molar-refractivity contribution is 5.65. The molecule has 0 aliphatic carbocycles. The Hall–Kier alpha value is -2.53. The first-order valence-corrected chi connectivity index (χ1v) is 5.29. The molecule has 7 heteroatoms. The van der Waals surface area contributed by atoms with Gasteiger partial charge in [-0.15, -0.1) is 0 Å². The van der Waals surface area contributed by atoms with Gasteiger partial charge in [0.05, 0.1) is 5.41 Å². The van der Waals surface area contributed by atoms with Gasteiger partial charge in [-0.25, -0.2) is 0 Å². The predicted octanol–water partition coefficient (Wildman–Crippen LogP) is 0.221. The first-order chi connectivity index (χ1) is 9.60. The molecule has 0 aliphatic rings. The van der Waals surface area contributed by atoms with Crippen LogP contribution in [0.3, 0.4) is 0 Å². The van der Waals surface area contributed by atoms with Crippen LogP contribution in [0.5, 0.6) is 0 Å². The van der Waals surface area contributed by atoms with Gasteiger partial charge in [0.25, 0.3) is 0 Å². The fourth-order valence-corrected chi connectivity index (χ4v) is 1.08. The van der Waals surface area contributed by atoms with Gasteiger partial charge in [-0.05, 0) is 0 Å². The normalized spacial score (nSPS) is 9.50. The van der Waals surface area contributed by atoms with Gasteiger partial charge >= 0.3 is 5.97 Å². The third kappa shape index (κ3) is 7.73. The lowest BCUT2D eigenvalue weighted by molar-refractivity contribution is -0.301. The lowest BCUT2D eigenvalue weighted by Crippen LogP contribution is -2.41. The van der Waals surface area contributed by atoms with Crippen molar-refractivity contribution in [3.63, 3.8) is 0 Å². The van der Waals surface area contributed by atoms with Crippen LogP contribution in [0.2, 0.25) is 0 Å². The lowest BCUT2D eigenvalue weighted by Gasteiger charge is -2.28. The van der Waals surface area contributed by atoms with Crippen LogP contribution in [0, 0.1) is 43.0 Å². The quantitative estimate of drug-likeness (QED) is 0.186. The monoisotopic (exact) mass is 282 g/mol. The Morgan fingerprint density at radius 3 is 1.90 bits per heavy atom. The highest BCUT2D eigenvalue weighted by Crippen LogP contribution is 2.21. The molecule has 0 amide bonds. The van der Waals surface area contributed by atoms with Crippen molar-refractivity contribution in [3.8, 4) is 37.6 Å². The molecule has 0 radical (unpaired) electrons. The summed E-state index contributed by atoms with van der Waals surface area (Å²) in [5.74, 6) is -0.509. The third-order valence-electron chi connectivity index (χ3n) is 1.99. The second-order valence-corrected chi connectivity index (χ2v) is 3.61. The van der Waals surface area contributed by atoms with Crippen LogP contribution in [-0.4, -0.2) is 32.4 Å². The molecule has 0 saturated carbocycles. The number of terminal acetylenes is 3. The van der Waals surface area contributed by atoms with E-state index < -0.39 is 11.4 Å². The zero-order valence-corrected chi connectivity index (χ0v) is 10.9. The number of esters is 1. The van der Waals surface area contributed by atoms with Crippen molar-refractivity contribution in [3.05, 3.63) is 0 Å². The number of carbonyl (C=O) groups is 1. The zero-order chi connectivity index (χ0) is 15.3. The van der Waals surface area contributed by atoms with E-state index in [1.807, 2.05) is 18.3 Å². The molecule has 0 spiro atoms. The fourth-order valence-electron chi connectivity index (χ4n) is 1.08. The summed E-state index contributed by atoms with van der Waals surface area (Å²) in [6, 6.07) is 0. The standard InChI is InChI=1S/C13H14O7/c1-5-15-8-13(9-16-12(4)14,10-19-17-6-2)11-20-18-7-3/h1-3H,8-11H2,4H3. The van der Waals surface area contributed by atoms with Crippen molar-refractivity contribution in [1.29, 1.82) is 0 Å². The maximum atomic E-state index is 10.9. The number of carbonyl (C=O) groups excluding carboxylic acids is 1. The molecule has 0 unspecified atom stereocenters. The minimum absolute atomic E-state index is 0.0708. The largest absolute Gasteiger partial charge is 0.465 e. The predicted molar refractivity (Wildman–Crippen MR) is 65.6 cm³/mol. The van der Waals surface area contributed by atoms with Gasteiger partial charge in [-0.3, -0.25) is 14.6 Å². The molecule has 0 aliphatic heterocycles. The van der Waals surface area contributed by atoms with Gasteiger partial charge in [-0.2, -0.15) is 9.78 Å². The summed E-state index contributed by atoms with van der Waals surface area (Å²) in [5.41, 5.74) is -1.01. The molecule has 0 aromatic carbocycles. The highest BCUT2D eigenvalue weighted by Gasteiger charge is 2.36. The molecule has 20 heavy (non-hydrogen) atoms. The second-order valence-electron chi connectivity index (χ2n) is 3.61. The van der Waals surface area contributed by atoms with E-state index in [1.165, 1.54) is 6.92 Å². The van der Waals surface area contributed by atoms with Crippen molar-refractivity contribution in [1.82, 2.24) is 0 Å². The average molecular weight is 282 g/mol. The van der Waals surface area contributed by atoms with Crippen LogP contribution in [0.15, 0.2) is 0 Å². The Bertz CT molecular complexity index is 390. The zero-order valence-electron chi connectivity index (χ0n) is 10.9. The van der Waals surface area contributed by atoms with E-state index in [1.54, 1.807) is 0 Å². The van der Waals surface area contributed by atoms with E-state index in [0.717, 1.165) is 0 Å². The smallest absolute Gasteiger partial charge is 0.302 e. The van der Waals surface area contributed by atoms with Crippen molar-refractivity contribution in [2.45, 2.75) is 6.92 Å². The molecule has 0 aromatic heterocycles. The molecule has 0 rings (SSSR count). The van der Waals surface area contributed by atoms with E-state index in [2.05, 4.69) is 9.78 Å². The van der Waals surface area contributed by atoms with Gasteiger partial charge < -0.3 is 9.47 Å². The fraction of sp³-hybridized carbons (Fsp3) is 0.462. The molecule has 7 nitrogen and oxygen atoms in total. The Morgan fingerprint density at radius 2 is 1.50 bits per heavy atom. The summed E-state index contributed by atoms with van der Waals surface area (Å²) in [6.07, 6.45) is 20.4. The number of ether oxygens (including phenoxy) is 2. The third-order valence-corrected chi connectivity index (χ3v) is 1.99. The van der Waals surface area contributed by atoms with Crippen LogP contribution >= 0.6 is 0 Å². The molecule has 0 fully saturated rings. The molecule has 0 heterocycles. The topological polar surface area (TPSA) is 72.5 Å². The van der Waals surface area contributed by atoms with Crippen molar-refractivity contribution in [2.24, 2.45) is 5.41 Å². The Labute approximate surface area is 117 Å². The summed E-state index contributed by atoms with van der Waals surface area (Å²) in [6.45, 7) is 0.759. The van der Waals surface area contributed by atoms with Crippen LogP contribution in [0.4, 0.5) is 0 Å². The van der Waals surface area contributed by atoms with Crippen molar-refractivity contribution >= 4 is 5.97 Å². The average Bonchev–Trinajstić information content (AvgIpc) is 2.43. The minimum Gasteiger partial charge on any atom is -0.465 e. The minimum atomic E-state index is -1.01. The van der Waals surface area contributed by atoms with Gasteiger partial charge in [-0.1, -0.05) is 19.3 Å². The van der Waals surface area contributed by atoms with E-state index in [0.29, 0.717) is 0 Å². The first kappa shape index (κ1) is 17.5. The molecule has 0 atom stereocenters. The second kappa shape index (κ2) is 10.4. The highest BCUT2D eigenvalue weighted by atomic mass is 17.2. The van der Waals surface area contributed by atoms with Crippen molar-refractivity contribution < 1.29 is 33.8 Å². The molecule has 0 N–H and O–H groups in total. The van der Waals surface area contributed by atoms with Crippen LogP contribution in [-0.2, 0) is 33.8 Å². The Kier molecular flexibility index (Phi) is 9.08. The van der Waals surface area contributed by atoms with E-state index >= 15 is 0 Å². The van der Waals surface area contributed by atoms with Crippen molar-refractivity contribution in [2.75, 3.05) is 26.4 Å². The van der Waals surface area contributed by atoms with Crippen LogP contribution < -0.4 is 0 Å². The number of hydrogen-bond donors (Lipinski definition) is 0. The van der Waals surface area contributed by atoms with Crippen LogP contribution in [0.1, 0.15) is 6.92 Å². The lowest BCUT2D eigenvalue weighted by atomic mass is 9.92. The summed E-state index contributed by atoms with van der Waals surface area (Å²) < 4.78 is 9.76. The molecule has 108 valence electrons. The molecular weight excluding hydrogens is 268 g/mol.